The number of nitrogens with one attached hydrogen (secondary N) is 1. The number of hydrogen-bond acceptors (Lipinski definition) is 1. The van der Waals surface area contributed by atoms with Gasteiger partial charge in [-0.05, 0) is 12.1 Å². The van der Waals surface area contributed by atoms with Gasteiger partial charge in [0, 0.05) is 15.4 Å². The van der Waals surface area contributed by atoms with E-state index in [1.807, 2.05) is 18.2 Å². The van der Waals surface area contributed by atoms with Gasteiger partial charge in [-0.15, -0.1) is 0 Å². The molecule has 2 nitrogen and oxygen atoms in total. The van der Waals surface area contributed by atoms with Crippen LogP contribution in [-0.2, 0) is 0 Å². The molecule has 2 aromatic rings. The molecule has 1 heterocycles. The van der Waals surface area contributed by atoms with Gasteiger partial charge in [-0.2, -0.15) is 0 Å². The SMILES string of the molecule is C=Cc1c(O)[nH]c2cc(Br)ccc12. The van der Waals surface area contributed by atoms with Gasteiger partial charge in [0.05, 0.1) is 5.52 Å². The molecule has 0 aliphatic rings. The summed E-state index contributed by atoms with van der Waals surface area (Å²) in [6.07, 6.45) is 1.64. The van der Waals surface area contributed by atoms with Gasteiger partial charge in [0.1, 0.15) is 0 Å². The van der Waals surface area contributed by atoms with E-state index in [4.69, 9.17) is 0 Å². The van der Waals surface area contributed by atoms with Crippen LogP contribution in [0.2, 0.25) is 0 Å². The summed E-state index contributed by atoms with van der Waals surface area (Å²) in [7, 11) is 0. The molecule has 0 saturated heterocycles. The molecular formula is C10H8BrNO. The first kappa shape index (κ1) is 8.38. The molecule has 13 heavy (non-hydrogen) atoms. The fourth-order valence-electron chi connectivity index (χ4n) is 1.38. The molecule has 2 N–H and O–H groups in total. The average molecular weight is 238 g/mol. The monoisotopic (exact) mass is 237 g/mol. The highest BCUT2D eigenvalue weighted by atomic mass is 79.9. The smallest absolute Gasteiger partial charge is 0.196 e. The Balaban J connectivity index is 2.86. The Morgan fingerprint density at radius 2 is 2.23 bits per heavy atom. The molecule has 0 aliphatic carbocycles. The van der Waals surface area contributed by atoms with Crippen LogP contribution in [0.1, 0.15) is 5.56 Å². The molecular weight excluding hydrogens is 230 g/mol. The number of H-pyrrole nitrogens is 1. The number of aromatic hydroxyl groups is 1. The van der Waals surface area contributed by atoms with Gasteiger partial charge in [-0.3, -0.25) is 0 Å². The highest BCUT2D eigenvalue weighted by molar-refractivity contribution is 9.10. The molecule has 3 heteroatoms. The molecule has 0 spiro atoms. The average Bonchev–Trinajstić information content (AvgIpc) is 2.39. The second kappa shape index (κ2) is 2.92. The van der Waals surface area contributed by atoms with Crippen molar-refractivity contribution in [2.24, 2.45) is 0 Å². The van der Waals surface area contributed by atoms with E-state index in [9.17, 15) is 5.11 Å². The van der Waals surface area contributed by atoms with E-state index in [1.165, 1.54) is 0 Å². The van der Waals surface area contributed by atoms with E-state index in [0.29, 0.717) is 0 Å². The molecule has 2 rings (SSSR count). The Bertz CT molecular complexity index is 473. The molecule has 0 unspecified atom stereocenters. The van der Waals surface area contributed by atoms with Crippen LogP contribution in [0.4, 0.5) is 0 Å². The first-order chi connectivity index (χ1) is 6.22. The van der Waals surface area contributed by atoms with E-state index in [2.05, 4.69) is 27.5 Å². The van der Waals surface area contributed by atoms with E-state index in [0.717, 1.165) is 20.9 Å². The van der Waals surface area contributed by atoms with Crippen molar-refractivity contribution in [3.63, 3.8) is 0 Å². The van der Waals surface area contributed by atoms with Crippen molar-refractivity contribution in [1.29, 1.82) is 0 Å². The predicted molar refractivity (Wildman–Crippen MR) is 57.8 cm³/mol. The molecule has 66 valence electrons. The van der Waals surface area contributed by atoms with Crippen LogP contribution >= 0.6 is 15.9 Å². The maximum atomic E-state index is 9.48. The van der Waals surface area contributed by atoms with Crippen LogP contribution in [0, 0.1) is 0 Å². The number of hydrogen-bond donors (Lipinski definition) is 2. The lowest BCUT2D eigenvalue weighted by molar-refractivity contribution is 0.457. The first-order valence-electron chi connectivity index (χ1n) is 3.85. The topological polar surface area (TPSA) is 36.0 Å². The van der Waals surface area contributed by atoms with Crippen LogP contribution in [0.5, 0.6) is 5.88 Å². The fraction of sp³-hybridized carbons (Fsp3) is 0. The minimum atomic E-state index is 0.170. The summed E-state index contributed by atoms with van der Waals surface area (Å²) >= 11 is 3.36. The quantitative estimate of drug-likeness (QED) is 0.785. The minimum absolute atomic E-state index is 0.170. The summed E-state index contributed by atoms with van der Waals surface area (Å²) in [5, 5.41) is 10.5. The molecule has 0 fully saturated rings. The largest absolute Gasteiger partial charge is 0.494 e. The fourth-order valence-corrected chi connectivity index (χ4v) is 1.74. The van der Waals surface area contributed by atoms with Crippen molar-refractivity contribution >= 4 is 32.9 Å². The number of aromatic nitrogens is 1. The Hall–Kier alpha value is -1.22. The Labute approximate surface area is 84.0 Å². The molecule has 1 aromatic heterocycles. The maximum Gasteiger partial charge on any atom is 0.196 e. The third kappa shape index (κ3) is 1.25. The lowest BCUT2D eigenvalue weighted by Gasteiger charge is -1.91. The molecule has 0 radical (unpaired) electrons. The highest BCUT2D eigenvalue weighted by Gasteiger charge is 2.06. The summed E-state index contributed by atoms with van der Waals surface area (Å²) in [4.78, 5) is 2.87. The second-order valence-corrected chi connectivity index (χ2v) is 3.70. The third-order valence-corrected chi connectivity index (χ3v) is 2.48. The molecule has 1 aromatic carbocycles. The van der Waals surface area contributed by atoms with Crippen molar-refractivity contribution in [2.75, 3.05) is 0 Å². The van der Waals surface area contributed by atoms with Gasteiger partial charge >= 0.3 is 0 Å². The van der Waals surface area contributed by atoms with Gasteiger partial charge in [-0.25, -0.2) is 0 Å². The van der Waals surface area contributed by atoms with Crippen molar-refractivity contribution in [2.45, 2.75) is 0 Å². The lowest BCUT2D eigenvalue weighted by atomic mass is 10.2. The minimum Gasteiger partial charge on any atom is -0.494 e. The summed E-state index contributed by atoms with van der Waals surface area (Å²) in [6.45, 7) is 3.64. The van der Waals surface area contributed by atoms with Gasteiger partial charge < -0.3 is 10.1 Å². The van der Waals surface area contributed by atoms with E-state index >= 15 is 0 Å². The van der Waals surface area contributed by atoms with Gasteiger partial charge in [0.25, 0.3) is 0 Å². The first-order valence-corrected chi connectivity index (χ1v) is 4.64. The molecule has 0 atom stereocenters. The van der Waals surface area contributed by atoms with E-state index in [1.54, 1.807) is 6.08 Å². The second-order valence-electron chi connectivity index (χ2n) is 2.78. The highest BCUT2D eigenvalue weighted by Crippen LogP contribution is 2.29. The van der Waals surface area contributed by atoms with Crippen molar-refractivity contribution in [1.82, 2.24) is 4.98 Å². The normalized spacial score (nSPS) is 10.5. The lowest BCUT2D eigenvalue weighted by Crippen LogP contribution is -1.68. The van der Waals surface area contributed by atoms with Crippen molar-refractivity contribution in [3.8, 4) is 5.88 Å². The number of aromatic amines is 1. The number of rotatable bonds is 1. The third-order valence-electron chi connectivity index (χ3n) is 1.98. The maximum absolute atomic E-state index is 9.48. The van der Waals surface area contributed by atoms with E-state index in [-0.39, 0.29) is 5.88 Å². The standard InChI is InChI=1S/C10H8BrNO/c1-2-7-8-4-3-6(11)5-9(8)12-10(7)13/h2-5,12-13H,1H2. The number of fused-ring (bicyclic) bond motifs is 1. The van der Waals surface area contributed by atoms with Crippen molar-refractivity contribution < 1.29 is 5.11 Å². The summed E-state index contributed by atoms with van der Waals surface area (Å²) in [6, 6.07) is 5.79. The van der Waals surface area contributed by atoms with Crippen molar-refractivity contribution in [3.05, 3.63) is 34.8 Å². The summed E-state index contributed by atoms with van der Waals surface area (Å²) < 4.78 is 0.983. The summed E-state index contributed by atoms with van der Waals surface area (Å²) in [5.74, 6) is 0.170. The van der Waals surface area contributed by atoms with Crippen LogP contribution in [0.15, 0.2) is 29.3 Å². The zero-order valence-corrected chi connectivity index (χ0v) is 8.43. The molecule has 0 aliphatic heterocycles. The zero-order chi connectivity index (χ0) is 9.42. The van der Waals surface area contributed by atoms with Crippen LogP contribution in [0.3, 0.4) is 0 Å². The Morgan fingerprint density at radius 3 is 2.92 bits per heavy atom. The van der Waals surface area contributed by atoms with Gasteiger partial charge in [0.2, 0.25) is 0 Å². The van der Waals surface area contributed by atoms with Crippen LogP contribution in [0.25, 0.3) is 17.0 Å². The summed E-state index contributed by atoms with van der Waals surface area (Å²) in [5.41, 5.74) is 1.66. The van der Waals surface area contributed by atoms with E-state index < -0.39 is 0 Å². The molecule has 0 bridgehead atoms. The molecule has 0 amide bonds. The van der Waals surface area contributed by atoms with Crippen LogP contribution in [-0.4, -0.2) is 10.1 Å². The number of benzene rings is 1. The Kier molecular flexibility index (Phi) is 1.88. The molecule has 0 saturated carbocycles. The van der Waals surface area contributed by atoms with Crippen LogP contribution < -0.4 is 0 Å². The van der Waals surface area contributed by atoms with Gasteiger partial charge in [-0.1, -0.05) is 34.7 Å². The Morgan fingerprint density at radius 1 is 1.46 bits per heavy atom. The van der Waals surface area contributed by atoms with Gasteiger partial charge in [0.15, 0.2) is 5.88 Å². The number of halogens is 1. The zero-order valence-electron chi connectivity index (χ0n) is 6.84. The predicted octanol–water partition coefficient (Wildman–Crippen LogP) is 3.28.